The van der Waals surface area contributed by atoms with Crippen molar-refractivity contribution in [3.63, 3.8) is 0 Å². The van der Waals surface area contributed by atoms with Crippen LogP contribution in [0.15, 0.2) is 53.7 Å². The van der Waals surface area contributed by atoms with Crippen LogP contribution in [0.5, 0.6) is 0 Å². The molecule has 0 radical (unpaired) electrons. The molecule has 8 heteroatoms. The van der Waals surface area contributed by atoms with E-state index in [4.69, 9.17) is 0 Å². The molecule has 1 saturated carbocycles. The van der Waals surface area contributed by atoms with E-state index in [2.05, 4.69) is 70.4 Å². The quantitative estimate of drug-likeness (QED) is 0.429. The summed E-state index contributed by atoms with van der Waals surface area (Å²) in [5, 5.41) is 15.3. The summed E-state index contributed by atoms with van der Waals surface area (Å²) in [6.07, 6.45) is 4.57. The van der Waals surface area contributed by atoms with E-state index >= 15 is 0 Å². The molecule has 0 bridgehead atoms. The van der Waals surface area contributed by atoms with Gasteiger partial charge in [0.1, 0.15) is 0 Å². The summed E-state index contributed by atoms with van der Waals surface area (Å²) in [7, 11) is 1.58. The number of hydrogen-bond donors (Lipinski definition) is 2. The summed E-state index contributed by atoms with van der Waals surface area (Å²) in [6, 6.07) is 15.8. The highest BCUT2D eigenvalue weighted by Crippen LogP contribution is 2.37. The molecule has 0 spiro atoms. The Morgan fingerprint density at radius 2 is 1.77 bits per heavy atom. The lowest BCUT2D eigenvalue weighted by atomic mass is 9.86. The first kappa shape index (κ1) is 25.0. The minimum Gasteiger partial charge on any atom is -0.355 e. The molecule has 1 aliphatic carbocycles. The van der Waals surface area contributed by atoms with Crippen molar-refractivity contribution in [2.75, 3.05) is 18.1 Å². The zero-order valence-electron chi connectivity index (χ0n) is 20.8. The maximum Gasteiger partial charge on any atom is 0.251 e. The number of nitrogens with zero attached hydrogens (tertiary/aromatic N) is 3. The van der Waals surface area contributed by atoms with Crippen molar-refractivity contribution in [2.45, 2.75) is 63.1 Å². The van der Waals surface area contributed by atoms with Crippen molar-refractivity contribution in [3.05, 3.63) is 59.7 Å². The number of hydrogen-bond acceptors (Lipinski definition) is 5. The molecule has 7 nitrogen and oxygen atoms in total. The van der Waals surface area contributed by atoms with Crippen molar-refractivity contribution in [2.24, 2.45) is 0 Å². The third-order valence-corrected chi connectivity index (χ3v) is 7.27. The molecule has 184 valence electrons. The second-order valence-corrected chi connectivity index (χ2v) is 10.9. The van der Waals surface area contributed by atoms with Crippen LogP contribution < -0.4 is 10.6 Å². The van der Waals surface area contributed by atoms with Gasteiger partial charge in [-0.15, -0.1) is 10.2 Å². The molecule has 1 heterocycles. The second-order valence-electron chi connectivity index (χ2n) is 9.94. The number of anilines is 1. The molecule has 1 aliphatic rings. The molecule has 35 heavy (non-hydrogen) atoms. The van der Waals surface area contributed by atoms with Gasteiger partial charge in [0.25, 0.3) is 5.91 Å². The predicted octanol–water partition coefficient (Wildman–Crippen LogP) is 5.45. The average Bonchev–Trinajstić information content (AvgIpc) is 3.51. The minimum absolute atomic E-state index is 0.0892. The van der Waals surface area contributed by atoms with E-state index in [-0.39, 0.29) is 23.0 Å². The van der Waals surface area contributed by atoms with Gasteiger partial charge in [0.15, 0.2) is 11.0 Å². The molecule has 1 fully saturated rings. The van der Waals surface area contributed by atoms with Gasteiger partial charge in [-0.1, -0.05) is 75.7 Å². The minimum atomic E-state index is -0.191. The third kappa shape index (κ3) is 5.93. The van der Waals surface area contributed by atoms with Crippen LogP contribution in [0.3, 0.4) is 0 Å². The van der Waals surface area contributed by atoms with Crippen molar-refractivity contribution in [1.29, 1.82) is 0 Å². The standard InChI is InChI=1S/C27H33N5O2S/c1-27(2,3)20-14-12-18(13-15-20)24-30-31-26(32(24)22-10-5-6-11-22)35-17-23(33)29-21-9-7-8-19(16-21)25(34)28-4/h7-9,12-16,22H,5-6,10-11,17H2,1-4H3,(H,28,34)(H,29,33). The maximum atomic E-state index is 12.7. The molecule has 4 rings (SSSR count). The van der Waals surface area contributed by atoms with E-state index in [1.807, 2.05) is 0 Å². The summed E-state index contributed by atoms with van der Waals surface area (Å²) < 4.78 is 2.23. The van der Waals surface area contributed by atoms with Crippen molar-refractivity contribution in [3.8, 4) is 11.4 Å². The summed E-state index contributed by atoms with van der Waals surface area (Å²) in [4.78, 5) is 24.6. The zero-order chi connectivity index (χ0) is 25.0. The first-order valence-corrected chi connectivity index (χ1v) is 13.1. The number of carbonyl (C=O) groups excluding carboxylic acids is 2. The highest BCUT2D eigenvalue weighted by atomic mass is 32.2. The highest BCUT2D eigenvalue weighted by Gasteiger charge is 2.25. The number of amides is 2. The van der Waals surface area contributed by atoms with E-state index in [0.717, 1.165) is 29.4 Å². The normalized spacial score (nSPS) is 14.2. The molecule has 0 saturated heterocycles. The lowest BCUT2D eigenvalue weighted by Gasteiger charge is -2.20. The molecule has 0 unspecified atom stereocenters. The second kappa shape index (κ2) is 10.6. The average molecular weight is 492 g/mol. The molecule has 3 aromatic rings. The monoisotopic (exact) mass is 491 g/mol. The largest absolute Gasteiger partial charge is 0.355 e. The van der Waals surface area contributed by atoms with Gasteiger partial charge in [-0.25, -0.2) is 0 Å². The Morgan fingerprint density at radius 3 is 2.43 bits per heavy atom. The Hall–Kier alpha value is -3.13. The predicted molar refractivity (Wildman–Crippen MR) is 141 cm³/mol. The molecule has 0 atom stereocenters. The first-order valence-electron chi connectivity index (χ1n) is 12.1. The number of thioether (sulfide) groups is 1. The summed E-state index contributed by atoms with van der Waals surface area (Å²) in [6.45, 7) is 6.62. The summed E-state index contributed by atoms with van der Waals surface area (Å²) in [5.74, 6) is 0.723. The van der Waals surface area contributed by atoms with Gasteiger partial charge >= 0.3 is 0 Å². The fraction of sp³-hybridized carbons (Fsp3) is 0.407. The van der Waals surface area contributed by atoms with E-state index in [1.54, 1.807) is 31.3 Å². The Labute approximate surface area is 211 Å². The molecular formula is C27H33N5O2S. The van der Waals surface area contributed by atoms with Crippen molar-refractivity contribution < 1.29 is 9.59 Å². The number of benzene rings is 2. The summed E-state index contributed by atoms with van der Waals surface area (Å²) >= 11 is 1.40. The molecular weight excluding hydrogens is 458 g/mol. The van der Waals surface area contributed by atoms with Crippen LogP contribution >= 0.6 is 11.8 Å². The maximum absolute atomic E-state index is 12.7. The number of rotatable bonds is 7. The van der Waals surface area contributed by atoms with E-state index in [9.17, 15) is 9.59 Å². The van der Waals surface area contributed by atoms with Gasteiger partial charge < -0.3 is 10.6 Å². The summed E-state index contributed by atoms with van der Waals surface area (Å²) in [5.41, 5.74) is 3.50. The van der Waals surface area contributed by atoms with Gasteiger partial charge in [-0.2, -0.15) is 0 Å². The fourth-order valence-electron chi connectivity index (χ4n) is 4.39. The number of aromatic nitrogens is 3. The van der Waals surface area contributed by atoms with E-state index in [1.165, 1.54) is 30.2 Å². The van der Waals surface area contributed by atoms with Gasteiger partial charge in [0, 0.05) is 29.9 Å². The van der Waals surface area contributed by atoms with Crippen LogP contribution in [0.2, 0.25) is 0 Å². The first-order chi connectivity index (χ1) is 16.8. The number of nitrogens with one attached hydrogen (secondary N) is 2. The molecule has 0 aliphatic heterocycles. The molecule has 2 amide bonds. The van der Waals surface area contributed by atoms with Gasteiger partial charge in [-0.3, -0.25) is 14.2 Å². The van der Waals surface area contributed by atoms with E-state index in [0.29, 0.717) is 17.3 Å². The Kier molecular flexibility index (Phi) is 7.60. The smallest absolute Gasteiger partial charge is 0.251 e. The Bertz CT molecular complexity index is 1190. The van der Waals surface area contributed by atoms with Crippen LogP contribution in [0.4, 0.5) is 5.69 Å². The van der Waals surface area contributed by atoms with Crippen LogP contribution in [0.25, 0.3) is 11.4 Å². The van der Waals surface area contributed by atoms with Gasteiger partial charge in [-0.05, 0) is 42.0 Å². The van der Waals surface area contributed by atoms with Crippen LogP contribution in [-0.4, -0.2) is 39.4 Å². The zero-order valence-corrected chi connectivity index (χ0v) is 21.6. The molecule has 1 aromatic heterocycles. The Morgan fingerprint density at radius 1 is 1.06 bits per heavy atom. The van der Waals surface area contributed by atoms with Crippen LogP contribution in [-0.2, 0) is 10.2 Å². The SMILES string of the molecule is CNC(=O)c1cccc(NC(=O)CSc2nnc(-c3ccc(C(C)(C)C)cc3)n2C2CCCC2)c1. The lowest BCUT2D eigenvalue weighted by molar-refractivity contribution is -0.113. The van der Waals surface area contributed by atoms with Crippen molar-refractivity contribution in [1.82, 2.24) is 20.1 Å². The van der Waals surface area contributed by atoms with Gasteiger partial charge in [0.2, 0.25) is 5.91 Å². The third-order valence-electron chi connectivity index (χ3n) is 6.33. The van der Waals surface area contributed by atoms with Crippen LogP contribution in [0.1, 0.15) is 68.4 Å². The van der Waals surface area contributed by atoms with Crippen LogP contribution in [0, 0.1) is 0 Å². The molecule has 2 aromatic carbocycles. The van der Waals surface area contributed by atoms with Gasteiger partial charge in [0.05, 0.1) is 5.75 Å². The fourth-order valence-corrected chi connectivity index (χ4v) is 5.20. The number of carbonyl (C=O) groups is 2. The molecule has 2 N–H and O–H groups in total. The van der Waals surface area contributed by atoms with E-state index < -0.39 is 0 Å². The lowest BCUT2D eigenvalue weighted by Crippen LogP contribution is -2.19. The van der Waals surface area contributed by atoms with Crippen molar-refractivity contribution >= 4 is 29.3 Å². The Balaban J connectivity index is 1.50. The highest BCUT2D eigenvalue weighted by molar-refractivity contribution is 7.99. The topological polar surface area (TPSA) is 88.9 Å².